The van der Waals surface area contributed by atoms with Crippen LogP contribution in [0.3, 0.4) is 0 Å². The molecule has 0 bridgehead atoms. The van der Waals surface area contributed by atoms with Crippen molar-refractivity contribution in [2.75, 3.05) is 25.1 Å². The first-order chi connectivity index (χ1) is 10.5. The van der Waals surface area contributed by atoms with E-state index in [0.29, 0.717) is 13.2 Å². The highest BCUT2D eigenvalue weighted by molar-refractivity contribution is 5.56. The standard InChI is InChI=1S/C19H25NO2/c1-19(2,3)15-20-17-11-7-8-12-18(17)22-14-13-21-16-9-5-4-6-10-16/h4-12,20H,13-15H2,1-3H3. The molecule has 2 rings (SSSR count). The summed E-state index contributed by atoms with van der Waals surface area (Å²) in [5.74, 6) is 1.73. The molecule has 0 saturated carbocycles. The highest BCUT2D eigenvalue weighted by Crippen LogP contribution is 2.25. The first-order valence-electron chi connectivity index (χ1n) is 7.68. The van der Waals surface area contributed by atoms with Gasteiger partial charge in [-0.1, -0.05) is 51.1 Å². The second-order valence-electron chi connectivity index (χ2n) is 6.42. The Kier molecular flexibility index (Phi) is 5.70. The lowest BCUT2D eigenvalue weighted by atomic mass is 9.97. The predicted molar refractivity (Wildman–Crippen MR) is 91.8 cm³/mol. The molecule has 0 aliphatic carbocycles. The molecule has 3 nitrogen and oxygen atoms in total. The van der Waals surface area contributed by atoms with Crippen molar-refractivity contribution >= 4 is 5.69 Å². The maximum Gasteiger partial charge on any atom is 0.142 e. The summed E-state index contributed by atoms with van der Waals surface area (Å²) in [4.78, 5) is 0. The third-order valence-corrected chi connectivity index (χ3v) is 3.05. The first kappa shape index (κ1) is 16.2. The van der Waals surface area contributed by atoms with Gasteiger partial charge in [-0.15, -0.1) is 0 Å². The van der Waals surface area contributed by atoms with Crippen LogP contribution in [0.2, 0.25) is 0 Å². The average molecular weight is 299 g/mol. The minimum absolute atomic E-state index is 0.226. The number of para-hydroxylation sites is 3. The topological polar surface area (TPSA) is 30.5 Å². The summed E-state index contributed by atoms with van der Waals surface area (Å²) in [6.45, 7) is 8.56. The van der Waals surface area contributed by atoms with Gasteiger partial charge < -0.3 is 14.8 Å². The Morgan fingerprint density at radius 3 is 2.18 bits per heavy atom. The number of benzene rings is 2. The lowest BCUT2D eigenvalue weighted by molar-refractivity contribution is 0.217. The summed E-state index contributed by atoms with van der Waals surface area (Å²) in [6, 6.07) is 17.8. The van der Waals surface area contributed by atoms with Crippen LogP contribution in [0.5, 0.6) is 11.5 Å². The van der Waals surface area contributed by atoms with E-state index in [1.54, 1.807) is 0 Å². The van der Waals surface area contributed by atoms with Gasteiger partial charge in [0, 0.05) is 6.54 Å². The third-order valence-electron chi connectivity index (χ3n) is 3.05. The van der Waals surface area contributed by atoms with Crippen LogP contribution in [0.15, 0.2) is 54.6 Å². The van der Waals surface area contributed by atoms with Crippen LogP contribution in [0.4, 0.5) is 5.69 Å². The van der Waals surface area contributed by atoms with Crippen molar-refractivity contribution in [3.05, 3.63) is 54.6 Å². The minimum atomic E-state index is 0.226. The van der Waals surface area contributed by atoms with Gasteiger partial charge in [-0.2, -0.15) is 0 Å². The molecule has 0 heterocycles. The zero-order valence-corrected chi connectivity index (χ0v) is 13.6. The van der Waals surface area contributed by atoms with Gasteiger partial charge in [0.15, 0.2) is 0 Å². The molecule has 0 spiro atoms. The highest BCUT2D eigenvalue weighted by atomic mass is 16.5. The molecule has 118 valence electrons. The van der Waals surface area contributed by atoms with Crippen LogP contribution < -0.4 is 14.8 Å². The molecule has 0 radical (unpaired) electrons. The van der Waals surface area contributed by atoms with Gasteiger partial charge in [0.05, 0.1) is 5.69 Å². The second kappa shape index (κ2) is 7.74. The summed E-state index contributed by atoms with van der Waals surface area (Å²) >= 11 is 0. The number of rotatable bonds is 7. The van der Waals surface area contributed by atoms with Crippen molar-refractivity contribution in [2.24, 2.45) is 5.41 Å². The number of ether oxygens (including phenoxy) is 2. The Morgan fingerprint density at radius 2 is 1.45 bits per heavy atom. The summed E-state index contributed by atoms with van der Waals surface area (Å²) in [7, 11) is 0. The monoisotopic (exact) mass is 299 g/mol. The molecule has 3 heteroatoms. The number of hydrogen-bond acceptors (Lipinski definition) is 3. The normalized spacial score (nSPS) is 11.0. The lowest BCUT2D eigenvalue weighted by Gasteiger charge is -2.21. The molecule has 0 aliphatic rings. The van der Waals surface area contributed by atoms with Crippen LogP contribution in [0.1, 0.15) is 20.8 Å². The maximum absolute atomic E-state index is 5.84. The Hall–Kier alpha value is -2.16. The molecule has 0 amide bonds. The van der Waals surface area contributed by atoms with E-state index < -0.39 is 0 Å². The van der Waals surface area contributed by atoms with E-state index in [9.17, 15) is 0 Å². The molecule has 2 aromatic carbocycles. The summed E-state index contributed by atoms with van der Waals surface area (Å²) < 4.78 is 11.5. The Morgan fingerprint density at radius 1 is 0.818 bits per heavy atom. The smallest absolute Gasteiger partial charge is 0.142 e. The van der Waals surface area contributed by atoms with Crippen molar-refractivity contribution in [3.8, 4) is 11.5 Å². The van der Waals surface area contributed by atoms with Crippen LogP contribution in [0, 0.1) is 5.41 Å². The van der Waals surface area contributed by atoms with Crippen molar-refractivity contribution in [1.82, 2.24) is 0 Å². The van der Waals surface area contributed by atoms with Crippen LogP contribution in [0.25, 0.3) is 0 Å². The Labute approximate surface area is 133 Å². The van der Waals surface area contributed by atoms with E-state index in [2.05, 4.69) is 26.1 Å². The highest BCUT2D eigenvalue weighted by Gasteiger charge is 2.11. The molecular weight excluding hydrogens is 274 g/mol. The molecule has 0 saturated heterocycles. The van der Waals surface area contributed by atoms with E-state index in [4.69, 9.17) is 9.47 Å². The lowest BCUT2D eigenvalue weighted by Crippen LogP contribution is -2.19. The summed E-state index contributed by atoms with van der Waals surface area (Å²) in [6.07, 6.45) is 0. The van der Waals surface area contributed by atoms with Gasteiger partial charge in [-0.05, 0) is 29.7 Å². The molecule has 0 aliphatic heterocycles. The van der Waals surface area contributed by atoms with Gasteiger partial charge in [0.1, 0.15) is 24.7 Å². The molecular formula is C19H25NO2. The Bertz CT molecular complexity index is 561. The van der Waals surface area contributed by atoms with E-state index in [1.807, 2.05) is 54.6 Å². The first-order valence-corrected chi connectivity index (χ1v) is 7.68. The largest absolute Gasteiger partial charge is 0.490 e. The number of nitrogens with one attached hydrogen (secondary N) is 1. The van der Waals surface area contributed by atoms with Crippen LogP contribution in [-0.4, -0.2) is 19.8 Å². The average Bonchev–Trinajstić information content (AvgIpc) is 2.51. The number of anilines is 1. The fourth-order valence-electron chi connectivity index (χ4n) is 1.93. The number of hydrogen-bond donors (Lipinski definition) is 1. The van der Waals surface area contributed by atoms with E-state index in [1.165, 1.54) is 0 Å². The Balaban J connectivity index is 1.82. The zero-order valence-electron chi connectivity index (χ0n) is 13.6. The SMILES string of the molecule is CC(C)(C)CNc1ccccc1OCCOc1ccccc1. The van der Waals surface area contributed by atoms with Gasteiger partial charge in [0.25, 0.3) is 0 Å². The predicted octanol–water partition coefficient (Wildman–Crippen LogP) is 4.60. The molecule has 0 fully saturated rings. The third kappa shape index (κ3) is 5.68. The molecule has 0 unspecified atom stereocenters. The zero-order chi connectivity index (χ0) is 15.8. The minimum Gasteiger partial charge on any atom is -0.490 e. The van der Waals surface area contributed by atoms with Gasteiger partial charge >= 0.3 is 0 Å². The van der Waals surface area contributed by atoms with Crippen molar-refractivity contribution in [2.45, 2.75) is 20.8 Å². The molecule has 0 atom stereocenters. The second-order valence-corrected chi connectivity index (χ2v) is 6.42. The summed E-state index contributed by atoms with van der Waals surface area (Å²) in [5.41, 5.74) is 1.25. The van der Waals surface area contributed by atoms with E-state index >= 15 is 0 Å². The summed E-state index contributed by atoms with van der Waals surface area (Å²) in [5, 5.41) is 3.45. The maximum atomic E-state index is 5.84. The quantitative estimate of drug-likeness (QED) is 0.758. The molecule has 22 heavy (non-hydrogen) atoms. The molecule has 0 aromatic heterocycles. The molecule has 2 aromatic rings. The van der Waals surface area contributed by atoms with Crippen molar-refractivity contribution in [3.63, 3.8) is 0 Å². The van der Waals surface area contributed by atoms with Gasteiger partial charge in [0.2, 0.25) is 0 Å². The van der Waals surface area contributed by atoms with Crippen LogP contribution in [-0.2, 0) is 0 Å². The molecule has 1 N–H and O–H groups in total. The van der Waals surface area contributed by atoms with Crippen molar-refractivity contribution < 1.29 is 9.47 Å². The van der Waals surface area contributed by atoms with Crippen LogP contribution >= 0.6 is 0 Å². The fraction of sp³-hybridized carbons (Fsp3) is 0.368. The fourth-order valence-corrected chi connectivity index (χ4v) is 1.93. The van der Waals surface area contributed by atoms with E-state index in [0.717, 1.165) is 23.7 Å². The van der Waals surface area contributed by atoms with Gasteiger partial charge in [-0.25, -0.2) is 0 Å². The van der Waals surface area contributed by atoms with Gasteiger partial charge in [-0.3, -0.25) is 0 Å². The van der Waals surface area contributed by atoms with Crippen molar-refractivity contribution in [1.29, 1.82) is 0 Å². The van der Waals surface area contributed by atoms with E-state index in [-0.39, 0.29) is 5.41 Å².